The van der Waals surface area contributed by atoms with Crippen molar-refractivity contribution < 1.29 is 33.9 Å². The Morgan fingerprint density at radius 1 is 0.979 bits per heavy atom. The van der Waals surface area contributed by atoms with Crippen LogP contribution >= 0.6 is 11.6 Å². The zero-order chi connectivity index (χ0) is 36.0. The third kappa shape index (κ3) is 13.0. The number of likely N-dealkylation sites (tertiary alicyclic amines) is 1. The first-order valence-corrected chi connectivity index (χ1v) is 16.5. The van der Waals surface area contributed by atoms with Gasteiger partial charge in [-0.05, 0) is 55.1 Å². The van der Waals surface area contributed by atoms with Crippen LogP contribution in [0, 0.1) is 5.41 Å². The van der Waals surface area contributed by atoms with E-state index in [1.54, 1.807) is 0 Å². The Kier molecular flexibility index (Phi) is 15.6. The summed E-state index contributed by atoms with van der Waals surface area (Å²) in [5.41, 5.74) is 12.6. The average Bonchev–Trinajstić information content (AvgIpc) is 3.02. The largest absolute Gasteiger partial charge is 0.481 e. The van der Waals surface area contributed by atoms with Crippen LogP contribution in [-0.2, 0) is 40.6 Å². The second kappa shape index (κ2) is 18.8. The van der Waals surface area contributed by atoms with Crippen molar-refractivity contribution in [2.75, 3.05) is 19.0 Å². The number of nitrogens with one attached hydrogen (secondary N) is 5. The molecule has 0 aliphatic carbocycles. The standard InChI is InChI=1S/C32H49ClN8O7/c1-32(2,3)20-11-9-19(10-12-20)17-23(28(46)39-21(27(34)45)7-6-15-37-31(35)36)40-29(47)24-8-4-5-16-41(24)30(48)22(13-14-26(43)44)38-25(42)18-33/h9-12,21-24H,4-8,13-18H2,1-3H3,(H2,34,45)(H,38,42)(H,39,46)(H,40,47)(H,43,44)(H4,35,36,37). The van der Waals surface area contributed by atoms with Gasteiger partial charge in [0, 0.05) is 25.9 Å². The maximum Gasteiger partial charge on any atom is 0.303 e. The number of hydrogen-bond acceptors (Lipinski definition) is 7. The molecule has 4 atom stereocenters. The molecule has 16 heteroatoms. The molecule has 1 aromatic carbocycles. The predicted octanol–water partition coefficient (Wildman–Crippen LogP) is 0.214. The van der Waals surface area contributed by atoms with Gasteiger partial charge < -0.3 is 42.7 Å². The molecule has 1 fully saturated rings. The van der Waals surface area contributed by atoms with E-state index in [0.717, 1.165) is 11.1 Å². The van der Waals surface area contributed by atoms with Crippen molar-refractivity contribution in [3.05, 3.63) is 35.4 Å². The number of primary amides is 1. The topological polar surface area (TPSA) is 250 Å². The number of amides is 5. The monoisotopic (exact) mass is 692 g/mol. The van der Waals surface area contributed by atoms with Gasteiger partial charge in [0.25, 0.3) is 0 Å². The number of rotatable bonds is 17. The summed E-state index contributed by atoms with van der Waals surface area (Å²) in [5.74, 6) is -5.16. The van der Waals surface area contributed by atoms with Crippen LogP contribution < -0.4 is 32.7 Å². The molecule has 0 spiro atoms. The van der Waals surface area contributed by atoms with E-state index in [-0.39, 0.29) is 50.1 Å². The van der Waals surface area contributed by atoms with Crippen molar-refractivity contribution in [3.8, 4) is 0 Å². The second-order valence-electron chi connectivity index (χ2n) is 12.9. The van der Waals surface area contributed by atoms with Gasteiger partial charge in [0.15, 0.2) is 5.96 Å². The molecule has 10 N–H and O–H groups in total. The van der Waals surface area contributed by atoms with Crippen LogP contribution in [-0.4, -0.2) is 94.6 Å². The fourth-order valence-electron chi connectivity index (χ4n) is 5.37. The molecule has 4 unspecified atom stereocenters. The maximum absolute atomic E-state index is 13.8. The summed E-state index contributed by atoms with van der Waals surface area (Å²) in [4.78, 5) is 78.0. The Hall–Kier alpha value is -4.40. The zero-order valence-corrected chi connectivity index (χ0v) is 28.5. The number of carbonyl (C=O) groups is 6. The first-order valence-electron chi connectivity index (χ1n) is 16.0. The van der Waals surface area contributed by atoms with Crippen LogP contribution in [0.5, 0.6) is 0 Å². The summed E-state index contributed by atoms with van der Waals surface area (Å²) in [7, 11) is 0. The smallest absolute Gasteiger partial charge is 0.303 e. The first kappa shape index (κ1) is 39.8. The third-order valence-corrected chi connectivity index (χ3v) is 8.27. The van der Waals surface area contributed by atoms with Gasteiger partial charge in [0.1, 0.15) is 30.0 Å². The molecular weight excluding hydrogens is 644 g/mol. The number of piperidine rings is 1. The number of alkyl halides is 1. The van der Waals surface area contributed by atoms with Crippen molar-refractivity contribution >= 4 is 53.1 Å². The van der Waals surface area contributed by atoms with Gasteiger partial charge in [-0.2, -0.15) is 0 Å². The molecule has 1 aliphatic rings. The summed E-state index contributed by atoms with van der Waals surface area (Å²) in [5, 5.41) is 26.9. The number of halogens is 1. The number of nitrogens with zero attached hydrogens (tertiary/aromatic N) is 1. The molecule has 0 bridgehead atoms. The average molecular weight is 693 g/mol. The van der Waals surface area contributed by atoms with Crippen LogP contribution in [0.4, 0.5) is 0 Å². The fourth-order valence-corrected chi connectivity index (χ4v) is 5.44. The molecule has 266 valence electrons. The minimum atomic E-state index is -1.21. The summed E-state index contributed by atoms with van der Waals surface area (Å²) in [6, 6.07) is 3.15. The number of guanidine groups is 1. The van der Waals surface area contributed by atoms with E-state index < -0.39 is 72.0 Å². The summed E-state index contributed by atoms with van der Waals surface area (Å²) in [6.45, 7) is 6.66. The molecule has 1 aromatic rings. The van der Waals surface area contributed by atoms with E-state index in [9.17, 15) is 33.9 Å². The molecule has 5 amide bonds. The van der Waals surface area contributed by atoms with Gasteiger partial charge in [0.05, 0.1) is 0 Å². The van der Waals surface area contributed by atoms with Crippen LogP contribution in [0.1, 0.15) is 76.8 Å². The molecule has 1 saturated heterocycles. The number of nitrogens with two attached hydrogens (primary N) is 2. The van der Waals surface area contributed by atoms with E-state index in [0.29, 0.717) is 19.3 Å². The molecule has 0 saturated carbocycles. The van der Waals surface area contributed by atoms with Crippen molar-refractivity contribution in [2.24, 2.45) is 11.5 Å². The van der Waals surface area contributed by atoms with E-state index in [1.807, 2.05) is 24.3 Å². The van der Waals surface area contributed by atoms with Gasteiger partial charge in [-0.25, -0.2) is 0 Å². The molecule has 1 heterocycles. The minimum Gasteiger partial charge on any atom is -0.481 e. The fraction of sp³-hybridized carbons (Fsp3) is 0.594. The molecule has 0 aromatic heterocycles. The normalized spacial score (nSPS) is 16.5. The van der Waals surface area contributed by atoms with Gasteiger partial charge in [-0.1, -0.05) is 45.0 Å². The van der Waals surface area contributed by atoms with Crippen LogP contribution in [0.3, 0.4) is 0 Å². The highest BCUT2D eigenvalue weighted by Crippen LogP contribution is 2.23. The Balaban J connectivity index is 2.34. The number of carboxylic acid groups (broad SMARTS) is 1. The predicted molar refractivity (Wildman–Crippen MR) is 180 cm³/mol. The molecule has 2 rings (SSSR count). The van der Waals surface area contributed by atoms with Gasteiger partial charge in [-0.15, -0.1) is 11.6 Å². The van der Waals surface area contributed by atoms with E-state index >= 15 is 0 Å². The lowest BCUT2D eigenvalue weighted by Crippen LogP contribution is -2.60. The molecular formula is C32H49ClN8O7. The van der Waals surface area contributed by atoms with E-state index in [1.165, 1.54) is 4.90 Å². The lowest BCUT2D eigenvalue weighted by Gasteiger charge is -2.37. The van der Waals surface area contributed by atoms with Crippen molar-refractivity contribution in [1.82, 2.24) is 26.2 Å². The minimum absolute atomic E-state index is 0.0626. The number of benzene rings is 1. The van der Waals surface area contributed by atoms with E-state index in [4.69, 9.17) is 28.5 Å². The second-order valence-corrected chi connectivity index (χ2v) is 13.2. The molecule has 48 heavy (non-hydrogen) atoms. The SMILES string of the molecule is CC(C)(C)c1ccc(CC(NC(=O)C2CCCCN2C(=O)C(CCC(=O)O)NC(=O)CCl)C(=O)NC(CCCNC(=N)N)C(N)=O)cc1. The van der Waals surface area contributed by atoms with E-state index in [2.05, 4.69) is 42.0 Å². The number of hydrogen-bond donors (Lipinski definition) is 8. The van der Waals surface area contributed by atoms with Gasteiger partial charge >= 0.3 is 5.97 Å². The number of carboxylic acids is 1. The number of aliphatic carboxylic acids is 1. The summed E-state index contributed by atoms with van der Waals surface area (Å²) < 4.78 is 0. The van der Waals surface area contributed by atoms with Crippen molar-refractivity contribution in [1.29, 1.82) is 5.41 Å². The Bertz CT molecular complexity index is 1320. The zero-order valence-electron chi connectivity index (χ0n) is 27.8. The molecule has 15 nitrogen and oxygen atoms in total. The highest BCUT2D eigenvalue weighted by atomic mass is 35.5. The third-order valence-electron chi connectivity index (χ3n) is 8.03. The quantitative estimate of drug-likeness (QED) is 0.0480. The van der Waals surface area contributed by atoms with Crippen LogP contribution in [0.15, 0.2) is 24.3 Å². The van der Waals surface area contributed by atoms with Gasteiger partial charge in [0.2, 0.25) is 29.5 Å². The Morgan fingerprint density at radius 3 is 2.21 bits per heavy atom. The van der Waals surface area contributed by atoms with Crippen molar-refractivity contribution in [3.63, 3.8) is 0 Å². The lowest BCUT2D eigenvalue weighted by atomic mass is 9.86. The first-order chi connectivity index (χ1) is 22.5. The van der Waals surface area contributed by atoms with Crippen LogP contribution in [0.2, 0.25) is 0 Å². The maximum atomic E-state index is 13.8. The summed E-state index contributed by atoms with van der Waals surface area (Å²) >= 11 is 5.62. The van der Waals surface area contributed by atoms with Crippen LogP contribution in [0.25, 0.3) is 0 Å². The van der Waals surface area contributed by atoms with Gasteiger partial charge in [-0.3, -0.25) is 34.2 Å². The Morgan fingerprint density at radius 2 is 1.65 bits per heavy atom. The lowest BCUT2D eigenvalue weighted by molar-refractivity contribution is -0.146. The molecule has 0 radical (unpaired) electrons. The summed E-state index contributed by atoms with van der Waals surface area (Å²) in [6.07, 6.45) is 1.44. The molecule has 1 aliphatic heterocycles. The number of carbonyl (C=O) groups excluding carboxylic acids is 5. The Labute approximate surface area is 285 Å². The highest BCUT2D eigenvalue weighted by Gasteiger charge is 2.38. The highest BCUT2D eigenvalue weighted by molar-refractivity contribution is 6.27. The van der Waals surface area contributed by atoms with Crippen molar-refractivity contribution in [2.45, 2.75) is 102 Å².